The van der Waals surface area contributed by atoms with Gasteiger partial charge in [-0.1, -0.05) is 0 Å². The van der Waals surface area contributed by atoms with Crippen LogP contribution in [0.1, 0.15) is 23.3 Å². The molecule has 10 heteroatoms. The van der Waals surface area contributed by atoms with E-state index in [0.717, 1.165) is 6.07 Å². The van der Waals surface area contributed by atoms with E-state index in [1.165, 1.54) is 0 Å². The van der Waals surface area contributed by atoms with E-state index in [-0.39, 0.29) is 0 Å². The number of H-pyrrole nitrogens is 2. The van der Waals surface area contributed by atoms with Crippen molar-refractivity contribution in [1.29, 1.82) is 0 Å². The van der Waals surface area contributed by atoms with E-state index in [1.54, 1.807) is 0 Å². The number of aromatic nitrogens is 2. The van der Waals surface area contributed by atoms with Gasteiger partial charge in [0.15, 0.2) is 0 Å². The molecule has 0 saturated heterocycles. The van der Waals surface area contributed by atoms with E-state index in [4.69, 9.17) is 21.7 Å². The number of carboxylic acid groups (broad SMARTS) is 2. The third kappa shape index (κ3) is 7.08. The van der Waals surface area contributed by atoms with Crippen LogP contribution in [-0.4, -0.2) is 44.7 Å². The first-order valence-electron chi connectivity index (χ1n) is 5.53. The Bertz CT molecular complexity index is 535. The number of nitrogens with one attached hydrogen (secondary N) is 2. The van der Waals surface area contributed by atoms with E-state index in [1.807, 2.05) is 9.97 Å². The smallest absolute Gasteiger partial charge is 0.352 e. The van der Waals surface area contributed by atoms with Gasteiger partial charge in [0.25, 0.3) is 5.56 Å². The Balaban J connectivity index is 0.000000370. The molecule has 0 aliphatic carbocycles. The molecule has 0 aliphatic heterocycles. The van der Waals surface area contributed by atoms with Crippen molar-refractivity contribution in [3.63, 3.8) is 0 Å². The first kappa shape index (κ1) is 17.5. The Morgan fingerprint density at radius 2 is 1.85 bits per heavy atom. The quantitative estimate of drug-likeness (QED) is 0.354. The normalized spacial score (nSPS) is 11.1. The Labute approximate surface area is 112 Å². The molecule has 0 bridgehead atoms. The first-order valence-corrected chi connectivity index (χ1v) is 5.53. The Morgan fingerprint density at radius 3 is 2.25 bits per heavy atom. The molecule has 1 heterocycles. The lowest BCUT2D eigenvalue weighted by Crippen LogP contribution is -2.30. The van der Waals surface area contributed by atoms with Crippen LogP contribution in [0.25, 0.3) is 0 Å². The maximum Gasteiger partial charge on any atom is 0.352 e. The van der Waals surface area contributed by atoms with Crippen molar-refractivity contribution in [2.75, 3.05) is 6.54 Å². The van der Waals surface area contributed by atoms with Gasteiger partial charge in [0, 0.05) is 6.07 Å². The Morgan fingerprint density at radius 1 is 1.25 bits per heavy atom. The summed E-state index contributed by atoms with van der Waals surface area (Å²) >= 11 is 0. The second-order valence-corrected chi connectivity index (χ2v) is 3.68. The molecule has 0 fully saturated rings. The first-order chi connectivity index (χ1) is 9.27. The molecule has 112 valence electrons. The van der Waals surface area contributed by atoms with Crippen LogP contribution in [0.15, 0.2) is 15.7 Å². The van der Waals surface area contributed by atoms with E-state index in [2.05, 4.69) is 0 Å². The van der Waals surface area contributed by atoms with Crippen LogP contribution in [0.5, 0.6) is 0 Å². The third-order valence-electron chi connectivity index (χ3n) is 2.03. The van der Waals surface area contributed by atoms with Crippen molar-refractivity contribution in [2.24, 2.45) is 11.5 Å². The molecule has 1 unspecified atom stereocenters. The summed E-state index contributed by atoms with van der Waals surface area (Å²) in [6.45, 7) is 0.501. The second kappa shape index (κ2) is 8.61. The highest BCUT2D eigenvalue weighted by molar-refractivity contribution is 5.84. The minimum atomic E-state index is -1.34. The topological polar surface area (TPSA) is 192 Å². The van der Waals surface area contributed by atoms with Crippen molar-refractivity contribution in [1.82, 2.24) is 9.97 Å². The summed E-state index contributed by atoms with van der Waals surface area (Å²) in [6, 6.07) is 0.0533. The van der Waals surface area contributed by atoms with Gasteiger partial charge in [0.2, 0.25) is 0 Å². The molecule has 1 atom stereocenters. The fourth-order valence-corrected chi connectivity index (χ4v) is 1.05. The molecule has 0 radical (unpaired) electrons. The average molecular weight is 288 g/mol. The fourth-order valence-electron chi connectivity index (χ4n) is 1.05. The van der Waals surface area contributed by atoms with E-state index >= 15 is 0 Å². The molecule has 0 saturated carbocycles. The molecule has 1 rings (SSSR count). The molecular weight excluding hydrogens is 272 g/mol. The van der Waals surface area contributed by atoms with Gasteiger partial charge in [-0.3, -0.25) is 14.6 Å². The minimum Gasteiger partial charge on any atom is -0.480 e. The molecule has 0 spiro atoms. The Kier molecular flexibility index (Phi) is 7.55. The van der Waals surface area contributed by atoms with Gasteiger partial charge in [0.1, 0.15) is 11.7 Å². The SMILES string of the molecule is NCCCC(N)C(=O)O.O=C(O)c1cc(=O)[nH]c(=O)[nH]1. The van der Waals surface area contributed by atoms with Crippen molar-refractivity contribution >= 4 is 11.9 Å². The van der Waals surface area contributed by atoms with Crippen LogP contribution in [0.3, 0.4) is 0 Å². The van der Waals surface area contributed by atoms with Crippen molar-refractivity contribution in [3.05, 3.63) is 32.6 Å². The third-order valence-corrected chi connectivity index (χ3v) is 2.03. The van der Waals surface area contributed by atoms with Gasteiger partial charge >= 0.3 is 17.6 Å². The van der Waals surface area contributed by atoms with Crippen LogP contribution in [0.4, 0.5) is 0 Å². The van der Waals surface area contributed by atoms with Crippen molar-refractivity contribution in [3.8, 4) is 0 Å². The Hall–Kier alpha value is -2.46. The zero-order chi connectivity index (χ0) is 15.7. The maximum atomic E-state index is 10.5. The minimum absolute atomic E-state index is 0.418. The molecule has 1 aromatic heterocycles. The number of rotatable bonds is 5. The standard InChI is InChI=1S/C5H4N2O4.C5H12N2O2/c8-3-1-2(4(9)10)6-5(11)7-3;6-3-1-2-4(7)5(8)9/h1H,(H,9,10)(H2,6,7,8,11);4H,1-3,6-7H2,(H,8,9). The van der Waals surface area contributed by atoms with Gasteiger partial charge in [-0.15, -0.1) is 0 Å². The number of aliphatic carboxylic acids is 1. The largest absolute Gasteiger partial charge is 0.480 e. The monoisotopic (exact) mass is 288 g/mol. The number of aromatic amines is 2. The van der Waals surface area contributed by atoms with E-state index < -0.39 is 34.9 Å². The van der Waals surface area contributed by atoms with Crippen molar-refractivity contribution in [2.45, 2.75) is 18.9 Å². The number of carboxylic acids is 2. The molecule has 20 heavy (non-hydrogen) atoms. The zero-order valence-electron chi connectivity index (χ0n) is 10.5. The molecule has 0 aliphatic rings. The summed E-state index contributed by atoms with van der Waals surface area (Å²) in [5.74, 6) is -2.29. The van der Waals surface area contributed by atoms with Crippen LogP contribution < -0.4 is 22.7 Å². The second-order valence-electron chi connectivity index (χ2n) is 3.68. The summed E-state index contributed by atoms with van der Waals surface area (Å²) in [6.07, 6.45) is 1.14. The summed E-state index contributed by atoms with van der Waals surface area (Å²) in [4.78, 5) is 44.9. The van der Waals surface area contributed by atoms with Gasteiger partial charge in [-0.05, 0) is 19.4 Å². The highest BCUT2D eigenvalue weighted by Crippen LogP contribution is 1.91. The van der Waals surface area contributed by atoms with Crippen LogP contribution >= 0.6 is 0 Å². The fraction of sp³-hybridized carbons (Fsp3) is 0.400. The molecule has 8 N–H and O–H groups in total. The van der Waals surface area contributed by atoms with Gasteiger partial charge in [-0.2, -0.15) is 0 Å². The number of hydrogen-bond donors (Lipinski definition) is 6. The lowest BCUT2D eigenvalue weighted by molar-refractivity contribution is -0.138. The summed E-state index contributed by atoms with van der Waals surface area (Å²) in [5, 5.41) is 16.6. The van der Waals surface area contributed by atoms with Crippen molar-refractivity contribution < 1.29 is 19.8 Å². The maximum absolute atomic E-state index is 10.5. The van der Waals surface area contributed by atoms with E-state index in [0.29, 0.717) is 19.4 Å². The number of carbonyl (C=O) groups is 2. The molecule has 1 aromatic rings. The van der Waals surface area contributed by atoms with Crippen LogP contribution in [0.2, 0.25) is 0 Å². The molecular formula is C10H16N4O6. The van der Waals surface area contributed by atoms with Gasteiger partial charge in [-0.25, -0.2) is 9.59 Å². The number of nitrogens with two attached hydrogens (primary N) is 2. The predicted octanol–water partition coefficient (Wildman–Crippen LogP) is -2.10. The highest BCUT2D eigenvalue weighted by atomic mass is 16.4. The summed E-state index contributed by atoms with van der Waals surface area (Å²) < 4.78 is 0. The zero-order valence-corrected chi connectivity index (χ0v) is 10.5. The molecule has 0 aromatic carbocycles. The highest BCUT2D eigenvalue weighted by Gasteiger charge is 2.08. The molecule has 0 amide bonds. The predicted molar refractivity (Wildman–Crippen MR) is 68.5 cm³/mol. The number of aromatic carboxylic acids is 1. The van der Waals surface area contributed by atoms with Crippen LogP contribution in [-0.2, 0) is 4.79 Å². The van der Waals surface area contributed by atoms with Gasteiger partial charge < -0.3 is 26.7 Å². The van der Waals surface area contributed by atoms with Gasteiger partial charge in [0.05, 0.1) is 0 Å². The van der Waals surface area contributed by atoms with Crippen LogP contribution in [0, 0.1) is 0 Å². The summed E-state index contributed by atoms with van der Waals surface area (Å²) in [7, 11) is 0. The lowest BCUT2D eigenvalue weighted by atomic mass is 10.2. The average Bonchev–Trinajstić information content (AvgIpc) is 2.35. The summed E-state index contributed by atoms with van der Waals surface area (Å²) in [5.41, 5.74) is 8.30. The molecule has 10 nitrogen and oxygen atoms in total. The van der Waals surface area contributed by atoms with E-state index in [9.17, 15) is 19.2 Å². The number of hydrogen-bond acceptors (Lipinski definition) is 6. The lowest BCUT2D eigenvalue weighted by Gasteiger charge is -2.02.